The number of hydrogen-bond donors (Lipinski definition) is 6. The molecule has 1 atom stereocenters. The van der Waals surface area contributed by atoms with E-state index in [1.54, 1.807) is 33.5 Å². The quantitative estimate of drug-likeness (QED) is 0.0237. The van der Waals surface area contributed by atoms with E-state index in [2.05, 4.69) is 40.4 Å². The number of ether oxygens (including phenoxy) is 17. The fourth-order valence-electron chi connectivity index (χ4n) is 9.46. The number of anilines is 1. The zero-order chi connectivity index (χ0) is 77.0. The van der Waals surface area contributed by atoms with Gasteiger partial charge in [-0.1, -0.05) is 6.92 Å². The lowest BCUT2D eigenvalue weighted by Gasteiger charge is -2.34. The number of nitrogens with two attached hydrogens (primary N) is 1. The van der Waals surface area contributed by atoms with Crippen LogP contribution in [0.15, 0.2) is 18.2 Å². The van der Waals surface area contributed by atoms with Crippen LogP contribution in [0.25, 0.3) is 0 Å². The molecule has 7 N–H and O–H groups in total. The van der Waals surface area contributed by atoms with Crippen LogP contribution in [0.5, 0.6) is 5.75 Å². The molecule has 0 saturated carbocycles. The molecule has 0 aliphatic rings. The van der Waals surface area contributed by atoms with E-state index >= 15 is 0 Å². The Morgan fingerprint density at radius 1 is 0.379 bits per heavy atom. The van der Waals surface area contributed by atoms with Gasteiger partial charge >= 0.3 is 0 Å². The van der Waals surface area contributed by atoms with Gasteiger partial charge in [0.05, 0.1) is 166 Å². The average molecular weight is 1480 g/mol. The molecule has 600 valence electrons. The van der Waals surface area contributed by atoms with Crippen LogP contribution in [-0.4, -0.2) is 281 Å². The van der Waals surface area contributed by atoms with Crippen LogP contribution in [0.2, 0.25) is 0 Å². The van der Waals surface area contributed by atoms with E-state index in [9.17, 15) is 28.8 Å². The van der Waals surface area contributed by atoms with Gasteiger partial charge in [0.1, 0.15) is 11.3 Å². The Kier molecular flexibility index (Phi) is 51.1. The van der Waals surface area contributed by atoms with Gasteiger partial charge in [-0.25, -0.2) is 0 Å². The highest BCUT2D eigenvalue weighted by Crippen LogP contribution is 2.25. The number of rotatable bonds is 69. The lowest BCUT2D eigenvalue weighted by molar-refractivity contribution is -0.131. The van der Waals surface area contributed by atoms with Crippen LogP contribution in [0.4, 0.5) is 5.69 Å². The van der Waals surface area contributed by atoms with Crippen LogP contribution in [0, 0.1) is 0 Å². The Morgan fingerprint density at radius 2 is 0.709 bits per heavy atom. The normalized spacial score (nSPS) is 13.0. The van der Waals surface area contributed by atoms with E-state index < -0.39 is 28.2 Å². The molecule has 103 heavy (non-hydrogen) atoms. The first-order valence-corrected chi connectivity index (χ1v) is 36.5. The average Bonchev–Trinajstić information content (AvgIpc) is 0.863. The number of nitrogen functional groups attached to an aromatic ring is 1. The summed E-state index contributed by atoms with van der Waals surface area (Å²) in [5.41, 5.74) is 2.71. The van der Waals surface area contributed by atoms with Gasteiger partial charge in [-0.3, -0.25) is 28.8 Å². The summed E-state index contributed by atoms with van der Waals surface area (Å²) < 4.78 is 99.0. The first-order valence-electron chi connectivity index (χ1n) is 36.5. The minimum atomic E-state index is -1.37. The topological polar surface area (TPSA) is 345 Å². The maximum Gasteiger partial charge on any atom is 0.258 e. The molecule has 0 heterocycles. The molecule has 0 fully saturated rings. The molecule has 1 aromatic rings. The highest BCUT2D eigenvalue weighted by Gasteiger charge is 2.35. The summed E-state index contributed by atoms with van der Waals surface area (Å²) in [6, 6.07) is 4.63. The van der Waals surface area contributed by atoms with Crippen molar-refractivity contribution in [3.8, 4) is 5.75 Å². The van der Waals surface area contributed by atoms with Crippen molar-refractivity contribution in [1.29, 1.82) is 0 Å². The molecule has 0 spiro atoms. The van der Waals surface area contributed by atoms with E-state index in [0.717, 1.165) is 25.7 Å². The second-order valence-corrected chi connectivity index (χ2v) is 28.6. The molecule has 29 heteroatoms. The van der Waals surface area contributed by atoms with Crippen molar-refractivity contribution in [3.05, 3.63) is 23.8 Å². The van der Waals surface area contributed by atoms with Crippen LogP contribution in [0.3, 0.4) is 0 Å². The summed E-state index contributed by atoms with van der Waals surface area (Å²) in [6.45, 7) is 31.8. The van der Waals surface area contributed by atoms with Crippen molar-refractivity contribution in [2.75, 3.05) is 212 Å². The predicted octanol–water partition coefficient (Wildman–Crippen LogP) is 6.29. The van der Waals surface area contributed by atoms with Crippen LogP contribution in [0.1, 0.15) is 171 Å². The molecule has 0 radical (unpaired) electrons. The highest BCUT2D eigenvalue weighted by molar-refractivity contribution is 5.99. The van der Waals surface area contributed by atoms with Crippen molar-refractivity contribution in [2.24, 2.45) is 0 Å². The Hall–Kier alpha value is -4.80. The summed E-state index contributed by atoms with van der Waals surface area (Å²) in [5.74, 6) is -1.38. The second-order valence-electron chi connectivity index (χ2n) is 28.6. The number of carbonyl (C=O) groups excluding carboxylic acids is 6. The summed E-state index contributed by atoms with van der Waals surface area (Å²) >= 11 is 0. The number of carbonyl (C=O) groups is 6. The van der Waals surface area contributed by atoms with Gasteiger partial charge in [0.2, 0.25) is 23.6 Å². The van der Waals surface area contributed by atoms with Crippen molar-refractivity contribution in [2.45, 2.75) is 200 Å². The first kappa shape index (κ1) is 96.2. The van der Waals surface area contributed by atoms with E-state index in [1.807, 2.05) is 69.2 Å². The van der Waals surface area contributed by atoms with E-state index in [-0.39, 0.29) is 203 Å². The molecule has 1 aromatic carbocycles. The molecule has 0 saturated heterocycles. The monoisotopic (exact) mass is 1480 g/mol. The minimum absolute atomic E-state index is 0.0130. The van der Waals surface area contributed by atoms with Gasteiger partial charge in [0.15, 0.2) is 12.4 Å². The van der Waals surface area contributed by atoms with Crippen molar-refractivity contribution >= 4 is 41.0 Å². The lowest BCUT2D eigenvalue weighted by Crippen LogP contribution is -2.59. The smallest absolute Gasteiger partial charge is 0.258 e. The number of nitrogens with one attached hydrogen (secondary N) is 5. The fourth-order valence-corrected chi connectivity index (χ4v) is 9.46. The van der Waals surface area contributed by atoms with E-state index in [4.69, 9.17) is 86.3 Å². The van der Waals surface area contributed by atoms with Gasteiger partial charge in [-0.05, 0) is 140 Å². The van der Waals surface area contributed by atoms with Crippen molar-refractivity contribution in [1.82, 2.24) is 26.6 Å². The third kappa shape index (κ3) is 52.0. The minimum Gasteiger partial charge on any atom is -0.484 e. The number of methoxy groups -OCH3 is 3. The maximum atomic E-state index is 13.9. The molecular formula is C74H136N6O23. The molecule has 1 rings (SSSR count). The largest absolute Gasteiger partial charge is 0.484 e. The number of Topliss-reactive ketones (excluding diaryl/α,β-unsaturated/α-hetero) is 1. The van der Waals surface area contributed by atoms with Crippen LogP contribution >= 0.6 is 0 Å². The molecule has 5 amide bonds. The Labute approximate surface area is 615 Å². The maximum absolute atomic E-state index is 13.9. The standard InChI is InChI=1S/C74H136N6O23/c1-17-73(13,29-40-89-16)103-43-28-72(11,12)102-47-33-78-65(84)22-37-96-58-74(56-94-35-20-63(82)76-31-45-100-70(7,8)26-41-98-68(3,4)24-38-87-14,57-95-36-21-64(83)77-32-46-101-71(9,10)27-42-99-69(5,6)25-39-88-15)80-66(85)23-34-90-48-50-92-52-53-93-51-49-91-44-30-79-67(86)55-97-60-18-19-61(59(2)81)62(75)54-60/h18-19,54H,17,20-53,55-58,75H2,1-16H3,(H,76,82)(H,77,83)(H,78,84)(H,79,86)(H,80,85). The zero-order valence-corrected chi connectivity index (χ0v) is 65.8. The summed E-state index contributed by atoms with van der Waals surface area (Å²) in [5, 5.41) is 14.4. The van der Waals surface area contributed by atoms with Crippen molar-refractivity contribution in [3.63, 3.8) is 0 Å². The molecule has 0 aliphatic carbocycles. The van der Waals surface area contributed by atoms with Crippen LogP contribution < -0.4 is 37.1 Å². The zero-order valence-electron chi connectivity index (χ0n) is 65.8. The number of ketones is 1. The van der Waals surface area contributed by atoms with Gasteiger partial charge in [-0.15, -0.1) is 0 Å². The number of hydrogen-bond acceptors (Lipinski definition) is 24. The Morgan fingerprint density at radius 3 is 1.10 bits per heavy atom. The van der Waals surface area contributed by atoms with E-state index in [0.29, 0.717) is 90.0 Å². The van der Waals surface area contributed by atoms with Gasteiger partial charge < -0.3 is 113 Å². The lowest BCUT2D eigenvalue weighted by atomic mass is 9.99. The second kappa shape index (κ2) is 54.7. The highest BCUT2D eigenvalue weighted by atomic mass is 16.6. The van der Waals surface area contributed by atoms with Crippen molar-refractivity contribution < 1.29 is 109 Å². The Balaban J connectivity index is 2.99. The van der Waals surface area contributed by atoms with Gasteiger partial charge in [0, 0.05) is 110 Å². The molecule has 1 unspecified atom stereocenters. The summed E-state index contributed by atoms with van der Waals surface area (Å²) in [4.78, 5) is 77.1. The first-order chi connectivity index (χ1) is 48.7. The van der Waals surface area contributed by atoms with E-state index in [1.165, 1.54) is 13.0 Å². The third-order valence-corrected chi connectivity index (χ3v) is 16.6. The summed E-state index contributed by atoms with van der Waals surface area (Å²) in [6.07, 6.45) is 4.97. The SMILES string of the molecule is CCC(C)(CCOC)OCCC(C)(C)OCCNC(=O)CCOCC(COCCC(=O)NCCOC(C)(C)CCOC(C)(C)CCOC)(COCCC(=O)NCCOC(C)(C)CCOC(C)(C)CCOC)NC(=O)CCOCCOCCOCCOCCNC(=O)COc1ccc(C(C)=O)c(N)c1. The molecule has 0 aromatic heterocycles. The Bertz CT molecular complexity index is 2390. The van der Waals surface area contributed by atoms with Crippen LogP contribution in [-0.2, 0) is 99.8 Å². The summed E-state index contributed by atoms with van der Waals surface area (Å²) in [7, 11) is 5.01. The third-order valence-electron chi connectivity index (χ3n) is 16.6. The molecular weight excluding hydrogens is 1340 g/mol. The fraction of sp³-hybridized carbons (Fsp3) is 0.838. The number of benzene rings is 1. The molecule has 0 bridgehead atoms. The number of amides is 5. The van der Waals surface area contributed by atoms with Gasteiger partial charge in [0.25, 0.3) is 5.91 Å². The molecule has 0 aliphatic heterocycles. The van der Waals surface area contributed by atoms with Gasteiger partial charge in [-0.2, -0.15) is 0 Å². The predicted molar refractivity (Wildman–Crippen MR) is 392 cm³/mol. The molecule has 29 nitrogen and oxygen atoms in total.